The standard InChI is InChI=1S/C17H33F3N4O3S.HI/c1-3-5-14(8-11-25)12-22-16(21-4-2)23-13-15-6-9-24(10-7-15)28(26,27)17(18,19)20;/h14-15,25H,3-13H2,1-2H3,(H2,21,22,23);1H. The van der Waals surface area contributed by atoms with Gasteiger partial charge in [0.25, 0.3) is 0 Å². The largest absolute Gasteiger partial charge is 0.511 e. The first-order valence-electron chi connectivity index (χ1n) is 9.85. The minimum absolute atomic E-state index is 0. The molecule has 0 aromatic carbocycles. The second-order valence-corrected chi connectivity index (χ2v) is 8.99. The molecular weight excluding hydrogens is 524 g/mol. The summed E-state index contributed by atoms with van der Waals surface area (Å²) >= 11 is 0. The highest BCUT2D eigenvalue weighted by molar-refractivity contribution is 14.0. The smallest absolute Gasteiger partial charge is 0.396 e. The molecule has 1 atom stereocenters. The highest BCUT2D eigenvalue weighted by Crippen LogP contribution is 2.30. The monoisotopic (exact) mass is 558 g/mol. The number of hydrogen-bond donors (Lipinski definition) is 3. The Bertz CT molecular complexity index is 577. The van der Waals surface area contributed by atoms with Crippen molar-refractivity contribution in [3.63, 3.8) is 0 Å². The lowest BCUT2D eigenvalue weighted by Gasteiger charge is -2.31. The summed E-state index contributed by atoms with van der Waals surface area (Å²) in [5, 5.41) is 15.5. The zero-order chi connectivity index (χ0) is 21.2. The van der Waals surface area contributed by atoms with Gasteiger partial charge in [0, 0.05) is 39.3 Å². The van der Waals surface area contributed by atoms with E-state index in [0.717, 1.165) is 12.8 Å². The minimum Gasteiger partial charge on any atom is -0.396 e. The number of aliphatic imine (C=N–C) groups is 1. The summed E-state index contributed by atoms with van der Waals surface area (Å²) in [6, 6.07) is 0. The molecule has 0 aromatic heterocycles. The van der Waals surface area contributed by atoms with Crippen molar-refractivity contribution in [2.75, 3.05) is 39.3 Å². The van der Waals surface area contributed by atoms with Crippen LogP contribution in [0.25, 0.3) is 0 Å². The predicted octanol–water partition coefficient (Wildman–Crippen LogP) is 2.52. The van der Waals surface area contributed by atoms with E-state index in [1.54, 1.807) is 0 Å². The molecule has 3 N–H and O–H groups in total. The lowest BCUT2D eigenvalue weighted by atomic mass is 9.98. The summed E-state index contributed by atoms with van der Waals surface area (Å²) in [5.41, 5.74) is -5.24. The molecular formula is C17H34F3IN4O3S. The Morgan fingerprint density at radius 1 is 1.21 bits per heavy atom. The maximum atomic E-state index is 12.6. The van der Waals surface area contributed by atoms with E-state index in [0.29, 0.717) is 55.1 Å². The molecule has 0 saturated carbocycles. The molecule has 1 saturated heterocycles. The van der Waals surface area contributed by atoms with Gasteiger partial charge in [-0.1, -0.05) is 13.3 Å². The fraction of sp³-hybridized carbons (Fsp3) is 0.941. The highest BCUT2D eigenvalue weighted by atomic mass is 127. The molecule has 0 aromatic rings. The molecule has 1 aliphatic heterocycles. The predicted molar refractivity (Wildman–Crippen MR) is 119 cm³/mol. The van der Waals surface area contributed by atoms with Crippen LogP contribution in [0.1, 0.15) is 46.0 Å². The van der Waals surface area contributed by atoms with Crippen LogP contribution in [0, 0.1) is 11.8 Å². The molecule has 1 heterocycles. The van der Waals surface area contributed by atoms with Gasteiger partial charge >= 0.3 is 15.5 Å². The summed E-state index contributed by atoms with van der Waals surface area (Å²) in [4.78, 5) is 4.55. The highest BCUT2D eigenvalue weighted by Gasteiger charge is 2.50. The van der Waals surface area contributed by atoms with Crippen molar-refractivity contribution in [2.45, 2.75) is 51.5 Å². The van der Waals surface area contributed by atoms with Crippen molar-refractivity contribution >= 4 is 40.0 Å². The molecule has 29 heavy (non-hydrogen) atoms. The van der Waals surface area contributed by atoms with Gasteiger partial charge in [0.15, 0.2) is 5.96 Å². The molecule has 7 nitrogen and oxygen atoms in total. The van der Waals surface area contributed by atoms with Crippen LogP contribution in [0.4, 0.5) is 13.2 Å². The van der Waals surface area contributed by atoms with Crippen molar-refractivity contribution in [1.82, 2.24) is 14.9 Å². The number of alkyl halides is 3. The van der Waals surface area contributed by atoms with E-state index in [9.17, 15) is 21.6 Å². The van der Waals surface area contributed by atoms with Crippen molar-refractivity contribution in [1.29, 1.82) is 0 Å². The van der Waals surface area contributed by atoms with Crippen LogP contribution in [0.5, 0.6) is 0 Å². The van der Waals surface area contributed by atoms with Crippen molar-refractivity contribution < 1.29 is 26.7 Å². The van der Waals surface area contributed by atoms with Crippen LogP contribution >= 0.6 is 24.0 Å². The van der Waals surface area contributed by atoms with Gasteiger partial charge in [-0.05, 0) is 44.4 Å². The Morgan fingerprint density at radius 2 is 1.83 bits per heavy atom. The zero-order valence-electron chi connectivity index (χ0n) is 17.0. The summed E-state index contributed by atoms with van der Waals surface area (Å²) in [6.07, 6.45) is 3.43. The van der Waals surface area contributed by atoms with Crippen molar-refractivity contribution in [3.8, 4) is 0 Å². The van der Waals surface area contributed by atoms with E-state index < -0.39 is 15.5 Å². The number of piperidine rings is 1. The Hall–Kier alpha value is -0.340. The third-order valence-corrected chi connectivity index (χ3v) is 6.48. The van der Waals surface area contributed by atoms with Crippen LogP contribution in [0.2, 0.25) is 0 Å². The van der Waals surface area contributed by atoms with Gasteiger partial charge in [0.05, 0.1) is 0 Å². The summed E-state index contributed by atoms with van der Waals surface area (Å²) in [7, 11) is -5.24. The second kappa shape index (κ2) is 13.9. The fourth-order valence-electron chi connectivity index (χ4n) is 3.22. The van der Waals surface area contributed by atoms with E-state index in [4.69, 9.17) is 5.11 Å². The molecule has 0 bridgehead atoms. The van der Waals surface area contributed by atoms with E-state index in [2.05, 4.69) is 22.5 Å². The molecule has 0 radical (unpaired) electrons. The number of nitrogens with zero attached hydrogens (tertiary/aromatic N) is 2. The quantitative estimate of drug-likeness (QED) is 0.218. The first-order valence-corrected chi connectivity index (χ1v) is 11.3. The van der Waals surface area contributed by atoms with E-state index >= 15 is 0 Å². The first kappa shape index (κ1) is 28.7. The van der Waals surface area contributed by atoms with Gasteiger partial charge in [-0.2, -0.15) is 17.5 Å². The molecule has 174 valence electrons. The van der Waals surface area contributed by atoms with E-state index in [1.165, 1.54) is 0 Å². The number of aliphatic hydroxyl groups excluding tert-OH is 1. The maximum Gasteiger partial charge on any atom is 0.511 e. The summed E-state index contributed by atoms with van der Waals surface area (Å²) < 4.78 is 61.3. The molecule has 0 spiro atoms. The lowest BCUT2D eigenvalue weighted by Crippen LogP contribution is -2.47. The average Bonchev–Trinajstić information content (AvgIpc) is 2.63. The third-order valence-electron chi connectivity index (χ3n) is 4.85. The van der Waals surface area contributed by atoms with Crippen LogP contribution in [-0.4, -0.2) is 68.6 Å². The van der Waals surface area contributed by atoms with Gasteiger partial charge in [-0.15, -0.1) is 24.0 Å². The first-order chi connectivity index (χ1) is 13.2. The second-order valence-electron chi connectivity index (χ2n) is 7.06. The normalized spacial score (nSPS) is 18.2. The van der Waals surface area contributed by atoms with Gasteiger partial charge in [0.1, 0.15) is 0 Å². The molecule has 1 unspecified atom stereocenters. The Kier molecular flexibility index (Phi) is 13.7. The van der Waals surface area contributed by atoms with E-state index in [-0.39, 0.29) is 49.6 Å². The third kappa shape index (κ3) is 9.55. The molecule has 1 rings (SSSR count). The van der Waals surface area contributed by atoms with Crippen LogP contribution < -0.4 is 10.6 Å². The number of rotatable bonds is 10. The van der Waals surface area contributed by atoms with Crippen LogP contribution in [0.15, 0.2) is 4.99 Å². The van der Waals surface area contributed by atoms with Crippen molar-refractivity contribution in [3.05, 3.63) is 0 Å². The number of nitrogens with one attached hydrogen (secondary N) is 2. The number of hydrogen-bond acceptors (Lipinski definition) is 4. The topological polar surface area (TPSA) is 94.0 Å². The minimum atomic E-state index is -5.24. The molecule has 1 fully saturated rings. The molecule has 0 amide bonds. The lowest BCUT2D eigenvalue weighted by molar-refractivity contribution is -0.0496. The van der Waals surface area contributed by atoms with Gasteiger partial charge in [-0.3, -0.25) is 4.99 Å². The molecule has 12 heteroatoms. The summed E-state index contributed by atoms with van der Waals surface area (Å²) in [6.45, 7) is 5.68. The fourth-order valence-corrected chi connectivity index (χ4v) is 4.21. The SMILES string of the molecule is CCCC(CCO)CN=C(NCC)NCC1CCN(S(=O)(=O)C(F)(F)F)CC1.I. The van der Waals surface area contributed by atoms with Gasteiger partial charge in [-0.25, -0.2) is 8.42 Å². The van der Waals surface area contributed by atoms with Crippen molar-refractivity contribution in [2.24, 2.45) is 16.8 Å². The Morgan fingerprint density at radius 3 is 2.31 bits per heavy atom. The van der Waals surface area contributed by atoms with Gasteiger partial charge < -0.3 is 15.7 Å². The number of halogens is 4. The van der Waals surface area contributed by atoms with E-state index in [1.807, 2.05) is 6.92 Å². The van der Waals surface area contributed by atoms with Crippen LogP contribution in [-0.2, 0) is 10.0 Å². The number of guanidine groups is 1. The van der Waals surface area contributed by atoms with Crippen LogP contribution in [0.3, 0.4) is 0 Å². The molecule has 1 aliphatic rings. The Balaban J connectivity index is 0.00000784. The number of aliphatic hydroxyl groups is 1. The average molecular weight is 558 g/mol. The zero-order valence-corrected chi connectivity index (χ0v) is 20.2. The maximum absolute atomic E-state index is 12.6. The van der Waals surface area contributed by atoms with Gasteiger partial charge in [0.2, 0.25) is 0 Å². The Labute approximate surface area is 189 Å². The summed E-state index contributed by atoms with van der Waals surface area (Å²) in [5.74, 6) is 1.01. The number of sulfonamides is 1. The molecule has 0 aliphatic carbocycles.